The second-order valence-corrected chi connectivity index (χ2v) is 6.71. The molecular weight excluding hydrogens is 350 g/mol. The van der Waals surface area contributed by atoms with Gasteiger partial charge >= 0.3 is 0 Å². The van der Waals surface area contributed by atoms with E-state index < -0.39 is 23.8 Å². The van der Waals surface area contributed by atoms with Crippen LogP contribution < -0.4 is 20.9 Å². The smallest absolute Gasteiger partial charge is 0.247 e. The van der Waals surface area contributed by atoms with Crippen LogP contribution in [0, 0.1) is 17.8 Å². The Kier molecular flexibility index (Phi) is 7.18. The van der Waals surface area contributed by atoms with E-state index in [4.69, 9.17) is 9.94 Å². The molecule has 1 aromatic carbocycles. The normalized spacial score (nSPS) is 21.7. The van der Waals surface area contributed by atoms with Crippen LogP contribution >= 0.6 is 0 Å². The molecule has 4 N–H and O–H groups in total. The van der Waals surface area contributed by atoms with E-state index in [1.165, 1.54) is 7.05 Å². The maximum Gasteiger partial charge on any atom is 0.247 e. The van der Waals surface area contributed by atoms with Gasteiger partial charge in [0.25, 0.3) is 0 Å². The molecule has 0 heterocycles. The Balaban J connectivity index is 2.07. The fourth-order valence-corrected chi connectivity index (χ4v) is 3.50. The summed E-state index contributed by atoms with van der Waals surface area (Å²) in [5.41, 5.74) is 2.50. The van der Waals surface area contributed by atoms with Crippen molar-refractivity contribution in [1.29, 1.82) is 0 Å². The molecule has 1 fully saturated rings. The molecule has 8 nitrogen and oxygen atoms in total. The van der Waals surface area contributed by atoms with Crippen LogP contribution in [0.5, 0.6) is 5.75 Å². The number of amides is 3. The van der Waals surface area contributed by atoms with Gasteiger partial charge in [-0.2, -0.15) is 0 Å². The maximum atomic E-state index is 12.7. The van der Waals surface area contributed by atoms with Gasteiger partial charge in [0.2, 0.25) is 17.7 Å². The van der Waals surface area contributed by atoms with Crippen LogP contribution in [0.2, 0.25) is 0 Å². The Morgan fingerprint density at radius 3 is 2.30 bits per heavy atom. The van der Waals surface area contributed by atoms with E-state index in [2.05, 4.69) is 10.6 Å². The summed E-state index contributed by atoms with van der Waals surface area (Å²) >= 11 is 0. The number of benzene rings is 1. The summed E-state index contributed by atoms with van der Waals surface area (Å²) in [5.74, 6) is -1.70. The first-order valence-corrected chi connectivity index (χ1v) is 9.05. The van der Waals surface area contributed by atoms with Crippen molar-refractivity contribution in [2.45, 2.75) is 32.2 Å². The predicted octanol–water partition coefficient (Wildman–Crippen LogP) is 0.636. The van der Waals surface area contributed by atoms with Gasteiger partial charge in [-0.1, -0.05) is 25.5 Å². The van der Waals surface area contributed by atoms with Crippen LogP contribution in [0.3, 0.4) is 0 Å². The van der Waals surface area contributed by atoms with E-state index in [0.29, 0.717) is 18.6 Å². The summed E-state index contributed by atoms with van der Waals surface area (Å²) in [7, 11) is 3.08. The molecule has 1 aliphatic rings. The van der Waals surface area contributed by atoms with Crippen LogP contribution in [0.4, 0.5) is 0 Å². The highest BCUT2D eigenvalue weighted by molar-refractivity contribution is 5.95. The van der Waals surface area contributed by atoms with Crippen LogP contribution in [0.1, 0.15) is 25.3 Å². The Morgan fingerprint density at radius 2 is 1.78 bits per heavy atom. The summed E-state index contributed by atoms with van der Waals surface area (Å²) in [4.78, 5) is 36.7. The zero-order valence-electron chi connectivity index (χ0n) is 15.8. The lowest BCUT2D eigenvalue weighted by atomic mass is 10.0. The molecule has 4 atom stereocenters. The topological polar surface area (TPSA) is 117 Å². The molecule has 8 heteroatoms. The fraction of sp³-hybridized carbons (Fsp3) is 0.526. The number of hydrogen-bond donors (Lipinski definition) is 4. The summed E-state index contributed by atoms with van der Waals surface area (Å²) in [6.45, 7) is 1.97. The van der Waals surface area contributed by atoms with E-state index in [1.54, 1.807) is 24.7 Å². The first-order chi connectivity index (χ1) is 13.0. The van der Waals surface area contributed by atoms with Gasteiger partial charge in [0, 0.05) is 13.5 Å². The van der Waals surface area contributed by atoms with Crippen molar-refractivity contribution in [2.75, 3.05) is 14.2 Å². The minimum atomic E-state index is -0.753. The molecule has 1 aromatic rings. The summed E-state index contributed by atoms with van der Waals surface area (Å²) in [5, 5.41) is 14.2. The lowest BCUT2D eigenvalue weighted by Crippen LogP contribution is -2.48. The first-order valence-electron chi connectivity index (χ1n) is 9.05. The molecule has 0 saturated heterocycles. The van der Waals surface area contributed by atoms with Crippen LogP contribution in [0.25, 0.3) is 0 Å². The minimum absolute atomic E-state index is 0.117. The molecule has 0 bridgehead atoms. The van der Waals surface area contributed by atoms with Gasteiger partial charge in [0.1, 0.15) is 11.8 Å². The van der Waals surface area contributed by atoms with Gasteiger partial charge in [-0.3, -0.25) is 19.6 Å². The molecule has 0 aliphatic heterocycles. The second-order valence-electron chi connectivity index (χ2n) is 6.71. The average Bonchev–Trinajstić information content (AvgIpc) is 3.41. The lowest BCUT2D eigenvalue weighted by Gasteiger charge is -2.18. The van der Waals surface area contributed by atoms with Crippen molar-refractivity contribution < 1.29 is 24.3 Å². The van der Waals surface area contributed by atoms with Crippen molar-refractivity contribution in [3.8, 4) is 5.75 Å². The number of ether oxygens (including phenoxy) is 1. The summed E-state index contributed by atoms with van der Waals surface area (Å²) < 4.78 is 5.12. The quantitative estimate of drug-likeness (QED) is 0.372. The maximum absolute atomic E-state index is 12.7. The number of rotatable bonds is 9. The largest absolute Gasteiger partial charge is 0.497 e. The molecule has 0 radical (unpaired) electrons. The highest BCUT2D eigenvalue weighted by Gasteiger charge is 2.58. The molecule has 148 valence electrons. The number of methoxy groups -OCH3 is 1. The lowest BCUT2D eigenvalue weighted by molar-refractivity contribution is -0.133. The molecule has 2 rings (SSSR count). The number of carbonyl (C=O) groups excluding carboxylic acids is 3. The second kappa shape index (κ2) is 9.36. The van der Waals surface area contributed by atoms with Crippen LogP contribution in [-0.4, -0.2) is 43.1 Å². The zero-order valence-corrected chi connectivity index (χ0v) is 15.8. The van der Waals surface area contributed by atoms with E-state index in [9.17, 15) is 14.4 Å². The Hall–Kier alpha value is -2.61. The number of likely N-dealkylation sites (N-methyl/N-ethyl adjacent to an activating group) is 1. The molecule has 27 heavy (non-hydrogen) atoms. The van der Waals surface area contributed by atoms with Gasteiger partial charge in [-0.15, -0.1) is 0 Å². The van der Waals surface area contributed by atoms with Gasteiger partial charge in [-0.05, 0) is 30.0 Å². The molecule has 1 aliphatic carbocycles. The van der Waals surface area contributed by atoms with Crippen LogP contribution in [0.15, 0.2) is 24.3 Å². The molecule has 3 amide bonds. The minimum Gasteiger partial charge on any atom is -0.497 e. The van der Waals surface area contributed by atoms with E-state index in [-0.39, 0.29) is 17.7 Å². The Labute approximate surface area is 158 Å². The molecule has 0 spiro atoms. The van der Waals surface area contributed by atoms with Gasteiger partial charge in [-0.25, -0.2) is 5.48 Å². The average molecular weight is 377 g/mol. The van der Waals surface area contributed by atoms with Crippen molar-refractivity contribution in [3.63, 3.8) is 0 Å². The van der Waals surface area contributed by atoms with Crippen LogP contribution in [-0.2, 0) is 20.8 Å². The van der Waals surface area contributed by atoms with Crippen molar-refractivity contribution in [2.24, 2.45) is 17.8 Å². The molecule has 1 saturated carbocycles. The molecule has 0 unspecified atom stereocenters. The van der Waals surface area contributed by atoms with Crippen molar-refractivity contribution in [1.82, 2.24) is 16.1 Å². The third-order valence-electron chi connectivity index (χ3n) is 4.98. The highest BCUT2D eigenvalue weighted by atomic mass is 16.5. The molecule has 0 aromatic heterocycles. The van der Waals surface area contributed by atoms with E-state index in [0.717, 1.165) is 12.0 Å². The Morgan fingerprint density at radius 1 is 1.15 bits per heavy atom. The standard InChI is InChI=1S/C19H27N3O5/c1-4-5-13-15(16(13)19(25)22-26)18(24)21-14(17(23)20-2)10-11-6-8-12(27-3)9-7-11/h6-9,13-16,26H,4-5,10H2,1-3H3,(H,20,23)(H,21,24)(H,22,25)/t13-,14+,15+,16+/m1/s1. The monoisotopic (exact) mass is 377 g/mol. The summed E-state index contributed by atoms with van der Waals surface area (Å²) in [6.07, 6.45) is 1.85. The SMILES string of the molecule is CCC[C@H]1[C@H](C(=O)NO)[C@H]1C(=O)N[C@@H](Cc1ccc(OC)cc1)C(=O)NC. The van der Waals surface area contributed by atoms with Gasteiger partial charge in [0.15, 0.2) is 0 Å². The number of nitrogens with one attached hydrogen (secondary N) is 3. The highest BCUT2D eigenvalue weighted by Crippen LogP contribution is 2.49. The number of carbonyl (C=O) groups is 3. The van der Waals surface area contributed by atoms with Gasteiger partial charge in [0.05, 0.1) is 18.9 Å². The summed E-state index contributed by atoms with van der Waals surface area (Å²) in [6, 6.07) is 6.49. The Bertz CT molecular complexity index is 676. The third-order valence-corrected chi connectivity index (χ3v) is 4.98. The van der Waals surface area contributed by atoms with Crippen molar-refractivity contribution >= 4 is 17.7 Å². The zero-order chi connectivity index (χ0) is 20.0. The number of hydrogen-bond acceptors (Lipinski definition) is 5. The fourth-order valence-electron chi connectivity index (χ4n) is 3.50. The molecular formula is C19H27N3O5. The van der Waals surface area contributed by atoms with E-state index >= 15 is 0 Å². The third kappa shape index (κ3) is 4.97. The van der Waals surface area contributed by atoms with Crippen molar-refractivity contribution in [3.05, 3.63) is 29.8 Å². The predicted molar refractivity (Wildman–Crippen MR) is 98.0 cm³/mol. The number of hydroxylamine groups is 1. The van der Waals surface area contributed by atoms with E-state index in [1.807, 2.05) is 19.1 Å². The first kappa shape index (κ1) is 20.7. The van der Waals surface area contributed by atoms with Gasteiger partial charge < -0.3 is 15.4 Å².